The SMILES string of the molecule is CCCn1c(=O)[nH]c2c(C(N)=O)nc(C)nc21. The van der Waals surface area contributed by atoms with E-state index >= 15 is 0 Å². The fraction of sp³-hybridized carbons (Fsp3) is 0.400. The van der Waals surface area contributed by atoms with E-state index in [0.717, 1.165) is 6.42 Å². The maximum Gasteiger partial charge on any atom is 0.327 e. The highest BCUT2D eigenvalue weighted by molar-refractivity contribution is 6.01. The average molecular weight is 235 g/mol. The second-order valence-corrected chi connectivity index (χ2v) is 3.76. The van der Waals surface area contributed by atoms with Crippen LogP contribution in [0.3, 0.4) is 0 Å². The van der Waals surface area contributed by atoms with Crippen LogP contribution in [-0.2, 0) is 6.54 Å². The van der Waals surface area contributed by atoms with Crippen LogP contribution in [0.2, 0.25) is 0 Å². The number of carbonyl (C=O) groups excluding carboxylic acids is 1. The lowest BCUT2D eigenvalue weighted by Crippen LogP contribution is -2.16. The van der Waals surface area contributed by atoms with E-state index in [2.05, 4.69) is 15.0 Å². The lowest BCUT2D eigenvalue weighted by atomic mass is 10.3. The molecule has 17 heavy (non-hydrogen) atoms. The van der Waals surface area contributed by atoms with Crippen molar-refractivity contribution in [1.82, 2.24) is 19.5 Å². The average Bonchev–Trinajstić information content (AvgIpc) is 2.55. The summed E-state index contributed by atoms with van der Waals surface area (Å²) in [6, 6.07) is 0. The summed E-state index contributed by atoms with van der Waals surface area (Å²) < 4.78 is 1.48. The molecule has 0 radical (unpaired) electrons. The van der Waals surface area contributed by atoms with Crippen molar-refractivity contribution in [3.8, 4) is 0 Å². The normalized spacial score (nSPS) is 10.9. The molecule has 2 aromatic rings. The second-order valence-electron chi connectivity index (χ2n) is 3.76. The molecular weight excluding hydrogens is 222 g/mol. The van der Waals surface area contributed by atoms with Crippen molar-refractivity contribution in [3.63, 3.8) is 0 Å². The molecule has 0 bridgehead atoms. The fourth-order valence-electron chi connectivity index (χ4n) is 1.75. The maximum atomic E-state index is 11.7. The molecule has 1 amide bonds. The fourth-order valence-corrected chi connectivity index (χ4v) is 1.75. The molecule has 7 heteroatoms. The summed E-state index contributed by atoms with van der Waals surface area (Å²) in [5.74, 6) is -0.263. The molecule has 0 saturated heterocycles. The third-order valence-electron chi connectivity index (χ3n) is 2.42. The van der Waals surface area contributed by atoms with Crippen molar-refractivity contribution in [2.75, 3.05) is 0 Å². The third kappa shape index (κ3) is 1.79. The molecule has 2 aromatic heterocycles. The Kier molecular flexibility index (Phi) is 2.66. The van der Waals surface area contributed by atoms with Gasteiger partial charge in [-0.3, -0.25) is 9.36 Å². The lowest BCUT2D eigenvalue weighted by Gasteiger charge is -2.02. The van der Waals surface area contributed by atoms with E-state index in [1.807, 2.05) is 6.92 Å². The van der Waals surface area contributed by atoms with Crippen LogP contribution in [0, 0.1) is 6.92 Å². The van der Waals surface area contributed by atoms with Crippen LogP contribution in [0.5, 0.6) is 0 Å². The van der Waals surface area contributed by atoms with Crippen molar-refractivity contribution in [2.45, 2.75) is 26.8 Å². The van der Waals surface area contributed by atoms with E-state index in [9.17, 15) is 9.59 Å². The summed E-state index contributed by atoms with van der Waals surface area (Å²) in [6.45, 7) is 4.14. The van der Waals surface area contributed by atoms with Gasteiger partial charge >= 0.3 is 5.69 Å². The number of hydrogen-bond donors (Lipinski definition) is 2. The van der Waals surface area contributed by atoms with Crippen LogP contribution in [0.4, 0.5) is 0 Å². The van der Waals surface area contributed by atoms with E-state index in [-0.39, 0.29) is 11.4 Å². The van der Waals surface area contributed by atoms with Crippen molar-refractivity contribution in [1.29, 1.82) is 0 Å². The minimum absolute atomic E-state index is 0.0550. The van der Waals surface area contributed by atoms with Gasteiger partial charge in [-0.25, -0.2) is 14.8 Å². The van der Waals surface area contributed by atoms with Gasteiger partial charge in [0.15, 0.2) is 11.3 Å². The van der Waals surface area contributed by atoms with Crippen LogP contribution < -0.4 is 11.4 Å². The van der Waals surface area contributed by atoms with Crippen LogP contribution in [0.25, 0.3) is 11.2 Å². The third-order valence-corrected chi connectivity index (χ3v) is 2.42. The van der Waals surface area contributed by atoms with Crippen molar-refractivity contribution in [3.05, 3.63) is 22.0 Å². The van der Waals surface area contributed by atoms with Crippen LogP contribution >= 0.6 is 0 Å². The number of carbonyl (C=O) groups is 1. The maximum absolute atomic E-state index is 11.7. The van der Waals surface area contributed by atoms with Gasteiger partial charge in [0.25, 0.3) is 5.91 Å². The number of aryl methyl sites for hydroxylation is 2. The Morgan fingerprint density at radius 1 is 1.47 bits per heavy atom. The molecule has 0 aromatic carbocycles. The highest BCUT2D eigenvalue weighted by atomic mass is 16.2. The minimum Gasteiger partial charge on any atom is -0.364 e. The highest BCUT2D eigenvalue weighted by Crippen LogP contribution is 2.12. The van der Waals surface area contributed by atoms with Gasteiger partial charge in [0.1, 0.15) is 11.3 Å². The highest BCUT2D eigenvalue weighted by Gasteiger charge is 2.16. The van der Waals surface area contributed by atoms with Gasteiger partial charge in [-0.15, -0.1) is 0 Å². The molecule has 7 nitrogen and oxygen atoms in total. The number of nitrogens with two attached hydrogens (primary N) is 1. The predicted molar refractivity (Wildman–Crippen MR) is 61.7 cm³/mol. The van der Waals surface area contributed by atoms with Gasteiger partial charge in [-0.05, 0) is 13.3 Å². The quantitative estimate of drug-likeness (QED) is 0.776. The van der Waals surface area contributed by atoms with Gasteiger partial charge in [0.05, 0.1) is 0 Å². The first kappa shape index (κ1) is 11.3. The zero-order chi connectivity index (χ0) is 12.6. The monoisotopic (exact) mass is 235 g/mol. The van der Waals surface area contributed by atoms with E-state index in [1.165, 1.54) is 4.57 Å². The molecule has 0 aliphatic heterocycles. The Balaban J connectivity index is 2.84. The molecule has 0 unspecified atom stereocenters. The molecule has 0 aliphatic carbocycles. The number of hydrogen-bond acceptors (Lipinski definition) is 4. The van der Waals surface area contributed by atoms with E-state index in [4.69, 9.17) is 5.73 Å². The van der Waals surface area contributed by atoms with Gasteiger partial charge in [-0.2, -0.15) is 0 Å². The Bertz CT molecular complexity index is 640. The molecule has 2 rings (SSSR count). The summed E-state index contributed by atoms with van der Waals surface area (Å²) in [5, 5.41) is 0. The number of primary amides is 1. The molecule has 0 spiro atoms. The Labute approximate surface area is 96.7 Å². The number of aromatic amines is 1. The number of amides is 1. The Morgan fingerprint density at radius 2 is 2.18 bits per heavy atom. The zero-order valence-corrected chi connectivity index (χ0v) is 9.65. The predicted octanol–water partition coefficient (Wildman–Crippen LogP) is -0.0631. The molecular formula is C10H13N5O2. The van der Waals surface area contributed by atoms with Crippen LogP contribution in [0.1, 0.15) is 29.7 Å². The van der Waals surface area contributed by atoms with Gasteiger partial charge in [-0.1, -0.05) is 6.92 Å². The lowest BCUT2D eigenvalue weighted by molar-refractivity contribution is 0.0997. The number of aromatic nitrogens is 4. The Morgan fingerprint density at radius 3 is 2.76 bits per heavy atom. The largest absolute Gasteiger partial charge is 0.364 e. The first-order chi connectivity index (χ1) is 8.04. The number of nitrogens with one attached hydrogen (secondary N) is 1. The van der Waals surface area contributed by atoms with E-state index in [1.54, 1.807) is 6.92 Å². The molecule has 0 saturated carbocycles. The molecule has 2 heterocycles. The van der Waals surface area contributed by atoms with E-state index < -0.39 is 5.91 Å². The van der Waals surface area contributed by atoms with Gasteiger partial charge in [0.2, 0.25) is 0 Å². The first-order valence-electron chi connectivity index (χ1n) is 5.31. The molecule has 0 fully saturated rings. The minimum atomic E-state index is -0.676. The molecule has 3 N–H and O–H groups in total. The van der Waals surface area contributed by atoms with Crippen LogP contribution in [0.15, 0.2) is 4.79 Å². The topological polar surface area (TPSA) is 107 Å². The zero-order valence-electron chi connectivity index (χ0n) is 9.65. The van der Waals surface area contributed by atoms with Crippen molar-refractivity contribution < 1.29 is 4.79 Å². The second kappa shape index (κ2) is 4.00. The summed E-state index contributed by atoms with van der Waals surface area (Å²) in [7, 11) is 0. The number of imidazole rings is 1. The summed E-state index contributed by atoms with van der Waals surface area (Å²) in [5.41, 5.74) is 5.71. The van der Waals surface area contributed by atoms with Crippen molar-refractivity contribution in [2.24, 2.45) is 5.73 Å². The van der Waals surface area contributed by atoms with E-state index in [0.29, 0.717) is 23.5 Å². The summed E-state index contributed by atoms with van der Waals surface area (Å²) in [6.07, 6.45) is 0.793. The smallest absolute Gasteiger partial charge is 0.327 e. The van der Waals surface area contributed by atoms with Gasteiger partial charge in [0, 0.05) is 6.54 Å². The van der Waals surface area contributed by atoms with Crippen molar-refractivity contribution >= 4 is 17.1 Å². The Hall–Kier alpha value is -2.18. The van der Waals surface area contributed by atoms with Crippen LogP contribution in [-0.4, -0.2) is 25.4 Å². The molecule has 0 atom stereocenters. The summed E-state index contributed by atoms with van der Waals surface area (Å²) >= 11 is 0. The van der Waals surface area contributed by atoms with Gasteiger partial charge < -0.3 is 10.7 Å². The number of fused-ring (bicyclic) bond motifs is 1. The first-order valence-corrected chi connectivity index (χ1v) is 5.31. The molecule has 0 aliphatic rings. The standard InChI is InChI=1S/C10H13N5O2/c1-3-4-15-9-7(14-10(15)17)6(8(11)16)12-5(2)13-9/h3-4H2,1-2H3,(H2,11,16)(H,14,17). The number of nitrogens with zero attached hydrogens (tertiary/aromatic N) is 3. The molecule has 90 valence electrons. The summed E-state index contributed by atoms with van der Waals surface area (Å²) in [4.78, 5) is 33.6. The number of rotatable bonds is 3. The number of H-pyrrole nitrogens is 1.